The first-order valence-corrected chi connectivity index (χ1v) is 5.91. The maximum absolute atomic E-state index is 6.10. The van der Waals surface area contributed by atoms with E-state index in [0.717, 1.165) is 5.56 Å². The summed E-state index contributed by atoms with van der Waals surface area (Å²) >= 11 is 6.10. The molecule has 94 valence electrons. The summed E-state index contributed by atoms with van der Waals surface area (Å²) in [5, 5.41) is 0.542. The van der Waals surface area contributed by atoms with Crippen molar-refractivity contribution in [3.05, 3.63) is 28.8 Å². The van der Waals surface area contributed by atoms with Crippen LogP contribution in [-0.2, 0) is 15.3 Å². The van der Waals surface area contributed by atoms with Gasteiger partial charge in [-0.1, -0.05) is 11.6 Å². The molecule has 0 aromatic heterocycles. The monoisotopic (exact) mass is 257 g/mol. The van der Waals surface area contributed by atoms with Gasteiger partial charge >= 0.3 is 0 Å². The molecule has 1 aromatic rings. The maximum Gasteiger partial charge on any atom is 0.196 e. The molecule has 17 heavy (non-hydrogen) atoms. The molecule has 0 spiro atoms. The second-order valence-corrected chi connectivity index (χ2v) is 4.25. The molecule has 2 N–H and O–H groups in total. The highest BCUT2D eigenvalue weighted by Crippen LogP contribution is 2.37. The summed E-state index contributed by atoms with van der Waals surface area (Å²) < 4.78 is 16.5. The zero-order valence-electron chi connectivity index (χ0n) is 9.74. The van der Waals surface area contributed by atoms with Gasteiger partial charge in [-0.05, 0) is 24.7 Å². The number of benzene rings is 1. The van der Waals surface area contributed by atoms with Crippen molar-refractivity contribution < 1.29 is 14.2 Å². The minimum atomic E-state index is -0.745. The molecular formula is C12H16ClNO3. The molecule has 0 unspecified atom stereocenters. The molecule has 1 fully saturated rings. The normalized spacial score (nSPS) is 18.3. The van der Waals surface area contributed by atoms with E-state index < -0.39 is 5.79 Å². The molecule has 0 atom stereocenters. The van der Waals surface area contributed by atoms with E-state index in [1.165, 1.54) is 0 Å². The van der Waals surface area contributed by atoms with Gasteiger partial charge < -0.3 is 19.9 Å². The van der Waals surface area contributed by atoms with Crippen LogP contribution in [-0.4, -0.2) is 26.9 Å². The number of nitrogens with two attached hydrogens (primary N) is 1. The molecule has 1 aliphatic rings. The standard InChI is InChI=1S/C12H16ClNO3/c1-15-11-3-2-9(8-10(11)13)12(4-5-14)16-6-7-17-12/h2-3,8H,4-7,14H2,1H3. The third kappa shape index (κ3) is 2.40. The van der Waals surface area contributed by atoms with E-state index in [-0.39, 0.29) is 0 Å². The molecule has 0 bridgehead atoms. The smallest absolute Gasteiger partial charge is 0.196 e. The van der Waals surface area contributed by atoms with Crippen LogP contribution in [0.4, 0.5) is 0 Å². The Labute approximate surface area is 106 Å². The largest absolute Gasteiger partial charge is 0.495 e. The van der Waals surface area contributed by atoms with Crippen molar-refractivity contribution in [3.8, 4) is 5.75 Å². The Bertz CT molecular complexity index is 391. The molecular weight excluding hydrogens is 242 g/mol. The van der Waals surface area contributed by atoms with E-state index in [0.29, 0.717) is 37.0 Å². The topological polar surface area (TPSA) is 53.7 Å². The molecule has 0 saturated carbocycles. The van der Waals surface area contributed by atoms with Crippen LogP contribution in [0.5, 0.6) is 5.75 Å². The SMILES string of the molecule is COc1ccc(C2(CCN)OCCO2)cc1Cl. The van der Waals surface area contributed by atoms with E-state index in [1.807, 2.05) is 6.07 Å². The van der Waals surface area contributed by atoms with Crippen LogP contribution in [0, 0.1) is 0 Å². The fraction of sp³-hybridized carbons (Fsp3) is 0.500. The van der Waals surface area contributed by atoms with Crippen LogP contribution in [0.2, 0.25) is 5.02 Å². The first-order valence-electron chi connectivity index (χ1n) is 5.54. The van der Waals surface area contributed by atoms with Gasteiger partial charge in [0.1, 0.15) is 5.75 Å². The summed E-state index contributed by atoms with van der Waals surface area (Å²) in [6.07, 6.45) is 0.607. The highest BCUT2D eigenvalue weighted by atomic mass is 35.5. The summed E-state index contributed by atoms with van der Waals surface area (Å²) in [6.45, 7) is 1.64. The molecule has 0 aliphatic carbocycles. The quantitative estimate of drug-likeness (QED) is 0.895. The fourth-order valence-corrected chi connectivity index (χ4v) is 2.26. The van der Waals surface area contributed by atoms with Crippen molar-refractivity contribution in [2.75, 3.05) is 26.9 Å². The van der Waals surface area contributed by atoms with Crippen molar-refractivity contribution in [1.29, 1.82) is 0 Å². The Morgan fingerprint density at radius 3 is 2.65 bits per heavy atom. The van der Waals surface area contributed by atoms with Crippen LogP contribution in [0.1, 0.15) is 12.0 Å². The van der Waals surface area contributed by atoms with Crippen molar-refractivity contribution >= 4 is 11.6 Å². The first-order chi connectivity index (χ1) is 8.22. The van der Waals surface area contributed by atoms with Gasteiger partial charge in [0.25, 0.3) is 0 Å². The zero-order chi connectivity index (χ0) is 12.3. The van der Waals surface area contributed by atoms with Crippen molar-refractivity contribution in [2.24, 2.45) is 5.73 Å². The zero-order valence-corrected chi connectivity index (χ0v) is 10.5. The van der Waals surface area contributed by atoms with Gasteiger partial charge in [-0.2, -0.15) is 0 Å². The average molecular weight is 258 g/mol. The van der Waals surface area contributed by atoms with Gasteiger partial charge in [-0.3, -0.25) is 0 Å². The van der Waals surface area contributed by atoms with Gasteiger partial charge in [0.2, 0.25) is 0 Å². The third-order valence-corrected chi connectivity index (χ3v) is 3.11. The Morgan fingerprint density at radius 1 is 1.41 bits per heavy atom. The predicted octanol–water partition coefficient (Wildman–Crippen LogP) is 1.90. The lowest BCUT2D eigenvalue weighted by Gasteiger charge is -2.27. The first kappa shape index (κ1) is 12.6. The average Bonchev–Trinajstić information content (AvgIpc) is 2.79. The molecule has 0 radical (unpaired) electrons. The highest BCUT2D eigenvalue weighted by molar-refractivity contribution is 6.32. The lowest BCUT2D eigenvalue weighted by Crippen LogP contribution is -2.30. The van der Waals surface area contributed by atoms with Crippen LogP contribution in [0.3, 0.4) is 0 Å². The van der Waals surface area contributed by atoms with Gasteiger partial charge in [0.15, 0.2) is 5.79 Å². The third-order valence-electron chi connectivity index (χ3n) is 2.82. The second kappa shape index (κ2) is 5.23. The maximum atomic E-state index is 6.10. The summed E-state index contributed by atoms with van der Waals surface area (Å²) in [5.41, 5.74) is 6.49. The Balaban J connectivity index is 2.33. The minimum Gasteiger partial charge on any atom is -0.495 e. The van der Waals surface area contributed by atoms with E-state index in [4.69, 9.17) is 31.5 Å². The van der Waals surface area contributed by atoms with Crippen LogP contribution < -0.4 is 10.5 Å². The molecule has 1 aromatic carbocycles. The van der Waals surface area contributed by atoms with Gasteiger partial charge in [0, 0.05) is 12.0 Å². The Kier molecular flexibility index (Phi) is 3.89. The van der Waals surface area contributed by atoms with Crippen LogP contribution in [0.15, 0.2) is 18.2 Å². The van der Waals surface area contributed by atoms with E-state index in [9.17, 15) is 0 Å². The van der Waals surface area contributed by atoms with Crippen molar-refractivity contribution in [3.63, 3.8) is 0 Å². The van der Waals surface area contributed by atoms with Crippen LogP contribution >= 0.6 is 11.6 Å². The molecule has 4 nitrogen and oxygen atoms in total. The summed E-state index contributed by atoms with van der Waals surface area (Å²) in [4.78, 5) is 0. The number of halogens is 1. The molecule has 1 saturated heterocycles. The number of methoxy groups -OCH3 is 1. The fourth-order valence-electron chi connectivity index (χ4n) is 2.00. The van der Waals surface area contributed by atoms with Gasteiger partial charge in [-0.25, -0.2) is 0 Å². The lowest BCUT2D eigenvalue weighted by atomic mass is 10.0. The Morgan fingerprint density at radius 2 is 2.12 bits per heavy atom. The molecule has 5 heteroatoms. The van der Waals surface area contributed by atoms with Gasteiger partial charge in [0.05, 0.1) is 25.3 Å². The second-order valence-electron chi connectivity index (χ2n) is 3.84. The summed E-state index contributed by atoms with van der Waals surface area (Å²) in [7, 11) is 1.58. The lowest BCUT2D eigenvalue weighted by molar-refractivity contribution is -0.168. The van der Waals surface area contributed by atoms with Crippen LogP contribution in [0.25, 0.3) is 0 Å². The highest BCUT2D eigenvalue weighted by Gasteiger charge is 2.38. The number of rotatable bonds is 4. The number of hydrogen-bond acceptors (Lipinski definition) is 4. The molecule has 1 aliphatic heterocycles. The van der Waals surface area contributed by atoms with E-state index >= 15 is 0 Å². The van der Waals surface area contributed by atoms with Crippen molar-refractivity contribution in [1.82, 2.24) is 0 Å². The minimum absolute atomic E-state index is 0.490. The summed E-state index contributed by atoms with van der Waals surface area (Å²) in [5.74, 6) is -0.110. The molecule has 2 rings (SSSR count). The van der Waals surface area contributed by atoms with E-state index in [1.54, 1.807) is 19.2 Å². The Hall–Kier alpha value is -0.810. The van der Waals surface area contributed by atoms with Gasteiger partial charge in [-0.15, -0.1) is 0 Å². The number of hydrogen-bond donors (Lipinski definition) is 1. The number of ether oxygens (including phenoxy) is 3. The molecule has 1 heterocycles. The predicted molar refractivity (Wildman–Crippen MR) is 65.3 cm³/mol. The molecule has 0 amide bonds. The summed E-state index contributed by atoms with van der Waals surface area (Å²) in [6, 6.07) is 5.51. The van der Waals surface area contributed by atoms with E-state index in [2.05, 4.69) is 0 Å². The van der Waals surface area contributed by atoms with Crippen molar-refractivity contribution in [2.45, 2.75) is 12.2 Å².